The molecule has 1 aliphatic rings. The van der Waals surface area contributed by atoms with Gasteiger partial charge in [0, 0.05) is 42.9 Å². The molecule has 156 valence electrons. The molecule has 4 rings (SSSR count). The van der Waals surface area contributed by atoms with Crippen LogP contribution in [0.3, 0.4) is 0 Å². The van der Waals surface area contributed by atoms with E-state index in [-0.39, 0.29) is 12.3 Å². The lowest BCUT2D eigenvalue weighted by Gasteiger charge is -2.28. The number of hydrogen-bond donors (Lipinski definition) is 1. The number of methoxy groups -OCH3 is 1. The van der Waals surface area contributed by atoms with Crippen molar-refractivity contribution in [3.05, 3.63) is 54.4 Å². The number of ether oxygens (including phenoxy) is 1. The number of nitrogens with one attached hydrogen (secondary N) is 1. The normalized spacial score (nSPS) is 13.8. The number of carbonyl (C=O) groups is 1. The van der Waals surface area contributed by atoms with Gasteiger partial charge in [-0.1, -0.05) is 5.16 Å². The van der Waals surface area contributed by atoms with Crippen molar-refractivity contribution in [2.24, 2.45) is 0 Å². The minimum atomic E-state index is -0.0788. The smallest absolute Gasteiger partial charge is 0.227 e. The molecule has 30 heavy (non-hydrogen) atoms. The summed E-state index contributed by atoms with van der Waals surface area (Å²) in [5.41, 5.74) is 2.85. The molecular formula is C23H26N4O3. The number of hydrogen-bond acceptors (Lipinski definition) is 6. The molecule has 0 spiro atoms. The van der Waals surface area contributed by atoms with E-state index in [1.165, 1.54) is 24.9 Å². The van der Waals surface area contributed by atoms with Crippen molar-refractivity contribution < 1.29 is 14.1 Å². The number of benzene rings is 2. The van der Waals surface area contributed by atoms with Gasteiger partial charge in [0.25, 0.3) is 0 Å². The summed E-state index contributed by atoms with van der Waals surface area (Å²) in [5, 5.41) is 6.93. The number of nitrogens with zero attached hydrogens (tertiary/aromatic N) is 3. The largest absolute Gasteiger partial charge is 0.497 e. The van der Waals surface area contributed by atoms with Crippen molar-refractivity contribution in [3.8, 4) is 17.1 Å². The highest BCUT2D eigenvalue weighted by Crippen LogP contribution is 2.22. The second-order valence-corrected chi connectivity index (χ2v) is 7.38. The molecule has 1 fully saturated rings. The molecule has 1 saturated heterocycles. The van der Waals surface area contributed by atoms with Crippen LogP contribution >= 0.6 is 0 Å². The fourth-order valence-corrected chi connectivity index (χ4v) is 3.57. The Kier molecular flexibility index (Phi) is 6.27. The number of piperidine rings is 1. The van der Waals surface area contributed by atoms with E-state index in [1.54, 1.807) is 7.11 Å². The molecule has 0 saturated carbocycles. The summed E-state index contributed by atoms with van der Waals surface area (Å²) in [6.45, 7) is 2.21. The van der Waals surface area contributed by atoms with Gasteiger partial charge in [0.2, 0.25) is 17.6 Å². The Morgan fingerprint density at radius 1 is 1.07 bits per heavy atom. The van der Waals surface area contributed by atoms with Gasteiger partial charge in [-0.3, -0.25) is 4.79 Å². The number of anilines is 2. The zero-order valence-electron chi connectivity index (χ0n) is 17.1. The molecule has 1 N–H and O–H groups in total. The minimum absolute atomic E-state index is 0.0788. The summed E-state index contributed by atoms with van der Waals surface area (Å²) in [6, 6.07) is 15.5. The standard InChI is InChI=1S/C23H26N4O3/c1-29-20-11-5-17(6-12-20)23-25-22(30-26-23)14-13-21(28)24-18-7-9-19(10-8-18)27-15-3-2-4-16-27/h5-12H,2-4,13-16H2,1H3,(H,24,28). The molecular weight excluding hydrogens is 380 g/mol. The molecule has 0 bridgehead atoms. The first-order valence-corrected chi connectivity index (χ1v) is 10.3. The van der Waals surface area contributed by atoms with Gasteiger partial charge in [0.1, 0.15) is 5.75 Å². The van der Waals surface area contributed by atoms with Crippen LogP contribution in [0.4, 0.5) is 11.4 Å². The summed E-state index contributed by atoms with van der Waals surface area (Å²) in [6.07, 6.45) is 4.47. The Balaban J connectivity index is 1.28. The minimum Gasteiger partial charge on any atom is -0.497 e. The number of aromatic nitrogens is 2. The van der Waals surface area contributed by atoms with Crippen molar-refractivity contribution >= 4 is 17.3 Å². The molecule has 3 aromatic rings. The Labute approximate surface area is 176 Å². The molecule has 7 heteroatoms. The first kappa shape index (κ1) is 19.9. The van der Waals surface area contributed by atoms with Gasteiger partial charge in [-0.2, -0.15) is 4.98 Å². The van der Waals surface area contributed by atoms with E-state index in [2.05, 4.69) is 32.5 Å². The van der Waals surface area contributed by atoms with E-state index in [1.807, 2.05) is 36.4 Å². The number of amides is 1. The molecule has 1 aromatic heterocycles. The number of carbonyl (C=O) groups excluding carboxylic acids is 1. The third-order valence-electron chi connectivity index (χ3n) is 5.25. The summed E-state index contributed by atoms with van der Waals surface area (Å²) in [4.78, 5) is 19.1. The average molecular weight is 406 g/mol. The van der Waals surface area contributed by atoms with Crippen molar-refractivity contribution in [1.82, 2.24) is 10.1 Å². The summed E-state index contributed by atoms with van der Waals surface area (Å²) < 4.78 is 10.4. The van der Waals surface area contributed by atoms with Crippen molar-refractivity contribution in [3.63, 3.8) is 0 Å². The van der Waals surface area contributed by atoms with Crippen LogP contribution in [0.25, 0.3) is 11.4 Å². The van der Waals surface area contributed by atoms with Crippen LogP contribution < -0.4 is 15.0 Å². The zero-order chi connectivity index (χ0) is 20.8. The van der Waals surface area contributed by atoms with E-state index in [4.69, 9.17) is 9.26 Å². The lowest BCUT2D eigenvalue weighted by atomic mass is 10.1. The molecule has 0 aliphatic carbocycles. The maximum absolute atomic E-state index is 12.3. The molecule has 7 nitrogen and oxygen atoms in total. The third kappa shape index (κ3) is 4.97. The van der Waals surface area contributed by atoms with Crippen LogP contribution in [0.5, 0.6) is 5.75 Å². The Morgan fingerprint density at radius 2 is 1.80 bits per heavy atom. The van der Waals surface area contributed by atoms with Gasteiger partial charge in [-0.05, 0) is 67.8 Å². The lowest BCUT2D eigenvalue weighted by Crippen LogP contribution is -2.29. The van der Waals surface area contributed by atoms with Crippen LogP contribution in [0, 0.1) is 0 Å². The second kappa shape index (κ2) is 9.43. The molecule has 0 radical (unpaired) electrons. The van der Waals surface area contributed by atoms with E-state index >= 15 is 0 Å². The molecule has 2 aromatic carbocycles. The van der Waals surface area contributed by atoms with Gasteiger partial charge >= 0.3 is 0 Å². The van der Waals surface area contributed by atoms with Gasteiger partial charge in [0.15, 0.2) is 0 Å². The van der Waals surface area contributed by atoms with E-state index < -0.39 is 0 Å². The Bertz CT molecular complexity index is 961. The van der Waals surface area contributed by atoms with E-state index in [0.717, 1.165) is 30.1 Å². The quantitative estimate of drug-likeness (QED) is 0.630. The van der Waals surface area contributed by atoms with Crippen LogP contribution in [0.15, 0.2) is 53.1 Å². The second-order valence-electron chi connectivity index (χ2n) is 7.38. The number of aryl methyl sites for hydroxylation is 1. The van der Waals surface area contributed by atoms with Crippen LogP contribution in [-0.2, 0) is 11.2 Å². The molecule has 2 heterocycles. The maximum Gasteiger partial charge on any atom is 0.227 e. The monoisotopic (exact) mass is 406 g/mol. The van der Waals surface area contributed by atoms with Crippen molar-refractivity contribution in [2.45, 2.75) is 32.1 Å². The van der Waals surface area contributed by atoms with Gasteiger partial charge in [0.05, 0.1) is 7.11 Å². The lowest BCUT2D eigenvalue weighted by molar-refractivity contribution is -0.116. The van der Waals surface area contributed by atoms with Crippen LogP contribution in [-0.4, -0.2) is 36.2 Å². The Morgan fingerprint density at radius 3 is 2.50 bits per heavy atom. The highest BCUT2D eigenvalue weighted by molar-refractivity contribution is 5.91. The van der Waals surface area contributed by atoms with E-state index in [9.17, 15) is 4.79 Å². The molecule has 0 atom stereocenters. The molecule has 1 amide bonds. The first-order chi connectivity index (χ1) is 14.7. The Hall–Kier alpha value is -3.35. The van der Waals surface area contributed by atoms with Crippen molar-refractivity contribution in [1.29, 1.82) is 0 Å². The van der Waals surface area contributed by atoms with E-state index in [0.29, 0.717) is 18.1 Å². The maximum atomic E-state index is 12.3. The predicted octanol–water partition coefficient (Wildman–Crippen LogP) is 4.31. The van der Waals surface area contributed by atoms with Crippen LogP contribution in [0.1, 0.15) is 31.6 Å². The fourth-order valence-electron chi connectivity index (χ4n) is 3.57. The fraction of sp³-hybridized carbons (Fsp3) is 0.348. The highest BCUT2D eigenvalue weighted by atomic mass is 16.5. The third-order valence-corrected chi connectivity index (χ3v) is 5.25. The van der Waals surface area contributed by atoms with Gasteiger partial charge < -0.3 is 19.5 Å². The van der Waals surface area contributed by atoms with Crippen molar-refractivity contribution in [2.75, 3.05) is 30.4 Å². The van der Waals surface area contributed by atoms with Crippen LogP contribution in [0.2, 0.25) is 0 Å². The number of rotatable bonds is 7. The van der Waals surface area contributed by atoms with Gasteiger partial charge in [-0.15, -0.1) is 0 Å². The average Bonchev–Trinajstić information content (AvgIpc) is 3.28. The topological polar surface area (TPSA) is 80.5 Å². The summed E-state index contributed by atoms with van der Waals surface area (Å²) in [7, 11) is 1.62. The first-order valence-electron chi connectivity index (χ1n) is 10.3. The van der Waals surface area contributed by atoms with Gasteiger partial charge in [-0.25, -0.2) is 0 Å². The highest BCUT2D eigenvalue weighted by Gasteiger charge is 2.13. The summed E-state index contributed by atoms with van der Waals surface area (Å²) >= 11 is 0. The predicted molar refractivity (Wildman–Crippen MR) is 116 cm³/mol. The molecule has 1 aliphatic heterocycles. The molecule has 0 unspecified atom stereocenters. The SMILES string of the molecule is COc1ccc(-c2noc(CCC(=O)Nc3ccc(N4CCCCC4)cc3)n2)cc1. The summed E-state index contributed by atoms with van der Waals surface area (Å²) in [5.74, 6) is 1.63. The zero-order valence-corrected chi connectivity index (χ0v) is 17.1.